The lowest BCUT2D eigenvalue weighted by molar-refractivity contribution is -0.121. The fourth-order valence-electron chi connectivity index (χ4n) is 1.73. The van der Waals surface area contributed by atoms with Gasteiger partial charge in [0.15, 0.2) is 0 Å². The lowest BCUT2D eigenvalue weighted by Crippen LogP contribution is -2.26. The molecule has 1 radical (unpaired) electrons. The number of ether oxygens (including phenoxy) is 1. The molecule has 2 aromatic rings. The summed E-state index contributed by atoms with van der Waals surface area (Å²) in [7, 11) is 0. The predicted molar refractivity (Wildman–Crippen MR) is 81.1 cm³/mol. The zero-order chi connectivity index (χ0) is 15.6. The topological polar surface area (TPSA) is 9.23 Å². The van der Waals surface area contributed by atoms with E-state index in [0.717, 1.165) is 0 Å². The zero-order valence-corrected chi connectivity index (χ0v) is 12.6. The lowest BCUT2D eigenvalue weighted by atomic mass is 10.1. The van der Waals surface area contributed by atoms with E-state index in [-0.39, 0.29) is 21.4 Å². The van der Waals surface area contributed by atoms with E-state index >= 15 is 0 Å². The highest BCUT2D eigenvalue weighted by Gasteiger charge is 2.37. The molecule has 1 nitrogen and oxygen atoms in total. The summed E-state index contributed by atoms with van der Waals surface area (Å²) in [6.07, 6.45) is -3.58. The van der Waals surface area contributed by atoms with E-state index in [1.807, 2.05) is 0 Å². The molecule has 0 spiro atoms. The van der Waals surface area contributed by atoms with Gasteiger partial charge in [-0.2, -0.15) is 8.78 Å². The molecule has 0 saturated carbocycles. The summed E-state index contributed by atoms with van der Waals surface area (Å²) in [5.74, 6) is 0.0329. The van der Waals surface area contributed by atoms with Crippen molar-refractivity contribution in [1.29, 1.82) is 0 Å². The average molecular weight is 328 g/mol. The fraction of sp³-hybridized carbons (Fsp3) is 0.125. The summed E-state index contributed by atoms with van der Waals surface area (Å²) in [6.45, 7) is 5.13. The van der Waals surface area contributed by atoms with E-state index in [9.17, 15) is 8.78 Å². The first-order valence-corrected chi connectivity index (χ1v) is 6.74. The number of hydrogen-bond donors (Lipinski definition) is 0. The van der Waals surface area contributed by atoms with E-state index in [4.69, 9.17) is 27.9 Å². The van der Waals surface area contributed by atoms with Crippen molar-refractivity contribution >= 4 is 28.8 Å². The SMILES string of the molecule is C=C(c1cc(Cl)cc(Cl)c1)C(F)(F)Oc1cc[c]c(C)c1. The Morgan fingerprint density at radius 3 is 2.38 bits per heavy atom. The molecule has 2 aromatic carbocycles. The molecule has 0 aliphatic carbocycles. The maximum absolute atomic E-state index is 14.2. The summed E-state index contributed by atoms with van der Waals surface area (Å²) in [4.78, 5) is 0. The Morgan fingerprint density at radius 1 is 1.19 bits per heavy atom. The van der Waals surface area contributed by atoms with Gasteiger partial charge in [-0.3, -0.25) is 0 Å². The second kappa shape index (κ2) is 6.04. The van der Waals surface area contributed by atoms with Gasteiger partial charge in [0.05, 0.1) is 5.57 Å². The smallest absolute Gasteiger partial charge is 0.426 e. The van der Waals surface area contributed by atoms with Crippen LogP contribution in [-0.2, 0) is 0 Å². The summed E-state index contributed by atoms with van der Waals surface area (Å²) in [5, 5.41) is 0.499. The van der Waals surface area contributed by atoms with Crippen LogP contribution in [0.2, 0.25) is 10.0 Å². The van der Waals surface area contributed by atoms with Crippen LogP contribution in [0.25, 0.3) is 5.57 Å². The van der Waals surface area contributed by atoms with E-state index in [1.165, 1.54) is 36.4 Å². The summed E-state index contributed by atoms with van der Waals surface area (Å²) >= 11 is 11.6. The second-order valence-electron chi connectivity index (χ2n) is 4.46. The van der Waals surface area contributed by atoms with Gasteiger partial charge < -0.3 is 4.74 Å². The Morgan fingerprint density at radius 2 is 1.81 bits per heavy atom. The highest BCUT2D eigenvalue weighted by Crippen LogP contribution is 2.35. The van der Waals surface area contributed by atoms with E-state index in [1.54, 1.807) is 6.92 Å². The van der Waals surface area contributed by atoms with Gasteiger partial charge in [-0.05, 0) is 54.4 Å². The molecule has 109 valence electrons. The van der Waals surface area contributed by atoms with Crippen LogP contribution >= 0.6 is 23.2 Å². The predicted octanol–water partition coefficient (Wildman–Crippen LogP) is 5.79. The van der Waals surface area contributed by atoms with Crippen molar-refractivity contribution in [2.24, 2.45) is 0 Å². The Hall–Kier alpha value is -1.58. The molecular weight excluding hydrogens is 317 g/mol. The van der Waals surface area contributed by atoms with Crippen molar-refractivity contribution in [1.82, 2.24) is 0 Å². The Bertz CT molecular complexity index is 663. The third-order valence-electron chi connectivity index (χ3n) is 2.73. The molecule has 0 unspecified atom stereocenters. The van der Waals surface area contributed by atoms with Crippen LogP contribution in [0.3, 0.4) is 0 Å². The first-order chi connectivity index (χ1) is 9.78. The third-order valence-corrected chi connectivity index (χ3v) is 3.16. The van der Waals surface area contributed by atoms with Gasteiger partial charge in [0.2, 0.25) is 0 Å². The molecule has 0 atom stereocenters. The second-order valence-corrected chi connectivity index (χ2v) is 5.34. The molecule has 0 heterocycles. The maximum atomic E-state index is 14.2. The first kappa shape index (κ1) is 15.8. The van der Waals surface area contributed by atoms with E-state index < -0.39 is 11.7 Å². The number of hydrogen-bond acceptors (Lipinski definition) is 1. The number of halogens is 4. The fourth-order valence-corrected chi connectivity index (χ4v) is 2.25. The largest absolute Gasteiger partial charge is 0.429 e. The highest BCUT2D eigenvalue weighted by atomic mass is 35.5. The van der Waals surface area contributed by atoms with Crippen molar-refractivity contribution in [2.75, 3.05) is 0 Å². The van der Waals surface area contributed by atoms with Crippen molar-refractivity contribution in [3.63, 3.8) is 0 Å². The first-order valence-electron chi connectivity index (χ1n) is 5.99. The maximum Gasteiger partial charge on any atom is 0.426 e. The van der Waals surface area contributed by atoms with Crippen LogP contribution in [0, 0.1) is 13.0 Å². The van der Waals surface area contributed by atoms with Crippen molar-refractivity contribution in [3.8, 4) is 5.75 Å². The summed E-state index contributed by atoms with van der Waals surface area (Å²) in [5.41, 5.74) is 0.300. The number of rotatable bonds is 4. The van der Waals surface area contributed by atoms with Crippen LogP contribution in [0.1, 0.15) is 11.1 Å². The molecule has 2 rings (SSSR count). The molecule has 0 aliphatic heterocycles. The van der Waals surface area contributed by atoms with Gasteiger partial charge in [0.25, 0.3) is 0 Å². The van der Waals surface area contributed by atoms with Crippen LogP contribution in [0.5, 0.6) is 5.75 Å². The molecule has 0 aromatic heterocycles. The van der Waals surface area contributed by atoms with Crippen LogP contribution < -0.4 is 4.74 Å². The molecule has 5 heteroatoms. The third kappa shape index (κ3) is 3.96. The molecular formula is C16H11Cl2F2O. The number of alkyl halides is 2. The van der Waals surface area contributed by atoms with Crippen LogP contribution in [0.4, 0.5) is 8.78 Å². The quantitative estimate of drug-likeness (QED) is 0.690. The van der Waals surface area contributed by atoms with E-state index in [2.05, 4.69) is 12.6 Å². The minimum absolute atomic E-state index is 0.0329. The minimum atomic E-state index is -3.58. The van der Waals surface area contributed by atoms with Gasteiger partial charge in [-0.1, -0.05) is 35.8 Å². The normalized spacial score (nSPS) is 11.3. The van der Waals surface area contributed by atoms with Crippen molar-refractivity contribution in [3.05, 3.63) is 70.2 Å². The van der Waals surface area contributed by atoms with Crippen molar-refractivity contribution < 1.29 is 13.5 Å². The minimum Gasteiger partial charge on any atom is -0.429 e. The molecule has 0 amide bonds. The zero-order valence-electron chi connectivity index (χ0n) is 11.1. The number of aryl methyl sites for hydroxylation is 1. The Balaban J connectivity index is 2.27. The van der Waals surface area contributed by atoms with Crippen molar-refractivity contribution in [2.45, 2.75) is 13.0 Å². The summed E-state index contributed by atoms with van der Waals surface area (Å²) in [6, 6.07) is 11.4. The Labute approximate surface area is 131 Å². The monoisotopic (exact) mass is 327 g/mol. The molecule has 0 saturated heterocycles. The van der Waals surface area contributed by atoms with E-state index in [0.29, 0.717) is 5.56 Å². The summed E-state index contributed by atoms with van der Waals surface area (Å²) < 4.78 is 33.1. The standard InChI is InChI=1S/C16H11Cl2F2O/c1-10-4-3-5-15(6-10)21-16(19,20)11(2)12-7-13(17)9-14(18)8-12/h3,5-9H,2H2,1H3. The van der Waals surface area contributed by atoms with Gasteiger partial charge in [0, 0.05) is 10.0 Å². The average Bonchev–Trinajstić information content (AvgIpc) is 2.36. The number of benzene rings is 2. The molecule has 0 N–H and O–H groups in total. The highest BCUT2D eigenvalue weighted by molar-refractivity contribution is 6.34. The molecule has 21 heavy (non-hydrogen) atoms. The Kier molecular flexibility index (Phi) is 4.55. The lowest BCUT2D eigenvalue weighted by Gasteiger charge is -2.20. The van der Waals surface area contributed by atoms with Gasteiger partial charge in [0.1, 0.15) is 5.75 Å². The molecule has 0 aliphatic rings. The molecule has 0 bridgehead atoms. The van der Waals surface area contributed by atoms with Gasteiger partial charge >= 0.3 is 6.11 Å². The van der Waals surface area contributed by atoms with Crippen LogP contribution in [0.15, 0.2) is 43.0 Å². The molecule has 0 fully saturated rings. The van der Waals surface area contributed by atoms with Crippen LogP contribution in [-0.4, -0.2) is 6.11 Å². The van der Waals surface area contributed by atoms with Gasteiger partial charge in [-0.25, -0.2) is 0 Å². The van der Waals surface area contributed by atoms with Gasteiger partial charge in [-0.15, -0.1) is 0 Å².